The Morgan fingerprint density at radius 2 is 2.10 bits per heavy atom. The lowest BCUT2D eigenvalue weighted by Gasteiger charge is -2.21. The summed E-state index contributed by atoms with van der Waals surface area (Å²) in [5.41, 5.74) is 0.914. The number of hydrogen-bond donors (Lipinski definition) is 0. The SMILES string of the molecule is O=C(Cc1ccn(C2CCCCC2)n1)Cc1cccs1. The second-order valence-corrected chi connectivity index (χ2v) is 6.58. The molecule has 0 amide bonds. The van der Waals surface area contributed by atoms with Crippen molar-refractivity contribution in [3.8, 4) is 0 Å². The predicted octanol–water partition coefficient (Wildman–Crippen LogP) is 3.80. The Balaban J connectivity index is 1.57. The number of nitrogens with zero attached hydrogens (tertiary/aromatic N) is 2. The molecule has 3 nitrogen and oxygen atoms in total. The minimum absolute atomic E-state index is 0.251. The molecule has 4 heteroatoms. The molecule has 0 atom stereocenters. The number of thiophene rings is 1. The van der Waals surface area contributed by atoms with Crippen molar-refractivity contribution in [1.82, 2.24) is 9.78 Å². The predicted molar refractivity (Wildman–Crippen MR) is 81.1 cm³/mol. The molecule has 1 aliphatic carbocycles. The van der Waals surface area contributed by atoms with Gasteiger partial charge in [0.25, 0.3) is 0 Å². The van der Waals surface area contributed by atoms with Gasteiger partial charge in [0.1, 0.15) is 5.78 Å². The Hall–Kier alpha value is -1.42. The summed E-state index contributed by atoms with van der Waals surface area (Å²) in [6.07, 6.45) is 9.45. The fourth-order valence-corrected chi connectivity index (χ4v) is 3.63. The lowest BCUT2D eigenvalue weighted by Crippen LogP contribution is -2.14. The third kappa shape index (κ3) is 3.37. The smallest absolute Gasteiger partial charge is 0.144 e. The molecule has 20 heavy (non-hydrogen) atoms. The molecule has 0 radical (unpaired) electrons. The van der Waals surface area contributed by atoms with Crippen molar-refractivity contribution >= 4 is 17.1 Å². The van der Waals surface area contributed by atoms with Crippen molar-refractivity contribution in [3.05, 3.63) is 40.3 Å². The Labute approximate surface area is 123 Å². The first kappa shape index (κ1) is 13.6. The van der Waals surface area contributed by atoms with E-state index in [1.54, 1.807) is 11.3 Å². The van der Waals surface area contributed by atoms with E-state index in [2.05, 4.69) is 9.78 Å². The fourth-order valence-electron chi connectivity index (χ4n) is 2.89. The van der Waals surface area contributed by atoms with Gasteiger partial charge in [0.15, 0.2) is 0 Å². The van der Waals surface area contributed by atoms with Crippen LogP contribution >= 0.6 is 11.3 Å². The molecule has 0 N–H and O–H groups in total. The monoisotopic (exact) mass is 288 g/mol. The first-order valence-electron chi connectivity index (χ1n) is 7.39. The third-order valence-corrected chi connectivity index (χ3v) is 4.82. The zero-order chi connectivity index (χ0) is 13.8. The Kier molecular flexibility index (Phi) is 4.31. The van der Waals surface area contributed by atoms with E-state index in [4.69, 9.17) is 0 Å². The van der Waals surface area contributed by atoms with Crippen molar-refractivity contribution in [2.24, 2.45) is 0 Å². The van der Waals surface area contributed by atoms with Gasteiger partial charge >= 0.3 is 0 Å². The van der Waals surface area contributed by atoms with E-state index in [9.17, 15) is 4.79 Å². The van der Waals surface area contributed by atoms with Crippen LogP contribution in [0.2, 0.25) is 0 Å². The molecule has 1 fully saturated rings. The Morgan fingerprint density at radius 1 is 1.25 bits per heavy atom. The maximum atomic E-state index is 12.0. The minimum Gasteiger partial charge on any atom is -0.299 e. The second kappa shape index (κ2) is 6.35. The second-order valence-electron chi connectivity index (χ2n) is 5.55. The van der Waals surface area contributed by atoms with E-state index in [-0.39, 0.29) is 5.78 Å². The summed E-state index contributed by atoms with van der Waals surface area (Å²) in [6, 6.07) is 6.56. The lowest BCUT2D eigenvalue weighted by atomic mass is 9.96. The van der Waals surface area contributed by atoms with Crippen molar-refractivity contribution in [2.45, 2.75) is 51.0 Å². The summed E-state index contributed by atoms with van der Waals surface area (Å²) in [4.78, 5) is 13.2. The molecule has 0 aromatic carbocycles. The van der Waals surface area contributed by atoms with E-state index in [0.29, 0.717) is 18.9 Å². The van der Waals surface area contributed by atoms with Gasteiger partial charge in [-0.2, -0.15) is 5.10 Å². The summed E-state index contributed by atoms with van der Waals surface area (Å²) < 4.78 is 2.08. The van der Waals surface area contributed by atoms with Crippen molar-refractivity contribution in [3.63, 3.8) is 0 Å². The number of carbonyl (C=O) groups is 1. The number of Topliss-reactive ketones (excluding diaryl/α,β-unsaturated/α-hetero) is 1. The summed E-state index contributed by atoms with van der Waals surface area (Å²) in [5, 5.41) is 6.62. The van der Waals surface area contributed by atoms with Crippen LogP contribution in [0.25, 0.3) is 0 Å². The zero-order valence-corrected chi connectivity index (χ0v) is 12.4. The molecule has 0 aliphatic heterocycles. The molecule has 3 rings (SSSR count). The van der Waals surface area contributed by atoms with Gasteiger partial charge in [-0.15, -0.1) is 11.3 Å². The van der Waals surface area contributed by atoms with Gasteiger partial charge in [-0.05, 0) is 30.4 Å². The van der Waals surface area contributed by atoms with Crippen LogP contribution in [0.3, 0.4) is 0 Å². The average Bonchev–Trinajstić information content (AvgIpc) is 3.11. The first-order valence-corrected chi connectivity index (χ1v) is 8.27. The molecule has 2 aromatic heterocycles. The molecule has 0 bridgehead atoms. The molecule has 2 heterocycles. The van der Waals surface area contributed by atoms with E-state index >= 15 is 0 Å². The molecule has 106 valence electrons. The molecular weight excluding hydrogens is 268 g/mol. The highest BCUT2D eigenvalue weighted by molar-refractivity contribution is 7.10. The summed E-state index contributed by atoms with van der Waals surface area (Å²) >= 11 is 1.64. The van der Waals surface area contributed by atoms with Gasteiger partial charge in [0.2, 0.25) is 0 Å². The minimum atomic E-state index is 0.251. The third-order valence-electron chi connectivity index (χ3n) is 3.94. The molecule has 1 aliphatic rings. The van der Waals surface area contributed by atoms with Crippen LogP contribution in [-0.2, 0) is 17.6 Å². The van der Waals surface area contributed by atoms with Crippen LogP contribution in [0.5, 0.6) is 0 Å². The Bertz CT molecular complexity index is 553. The van der Waals surface area contributed by atoms with Crippen molar-refractivity contribution in [1.29, 1.82) is 0 Å². The molecule has 0 spiro atoms. The molecule has 2 aromatic rings. The highest BCUT2D eigenvalue weighted by Crippen LogP contribution is 2.27. The Morgan fingerprint density at radius 3 is 2.85 bits per heavy atom. The van der Waals surface area contributed by atoms with Gasteiger partial charge in [-0.1, -0.05) is 25.3 Å². The number of ketones is 1. The molecular formula is C16H20N2OS. The highest BCUT2D eigenvalue weighted by atomic mass is 32.1. The topological polar surface area (TPSA) is 34.9 Å². The zero-order valence-electron chi connectivity index (χ0n) is 11.6. The quantitative estimate of drug-likeness (QED) is 0.838. The standard InChI is InChI=1S/C16H20N2OS/c19-15(12-16-7-4-10-20-16)11-13-8-9-18(17-13)14-5-2-1-3-6-14/h4,7-10,14H,1-3,5-6,11-12H2. The lowest BCUT2D eigenvalue weighted by molar-refractivity contribution is -0.117. The van der Waals surface area contributed by atoms with E-state index in [1.165, 1.54) is 32.1 Å². The maximum absolute atomic E-state index is 12.0. The largest absolute Gasteiger partial charge is 0.299 e. The number of rotatable bonds is 5. The average molecular weight is 288 g/mol. The maximum Gasteiger partial charge on any atom is 0.144 e. The number of aromatic nitrogens is 2. The molecule has 0 unspecified atom stereocenters. The van der Waals surface area contributed by atoms with Crippen LogP contribution < -0.4 is 0 Å². The van der Waals surface area contributed by atoms with Gasteiger partial charge in [-0.3, -0.25) is 9.48 Å². The van der Waals surface area contributed by atoms with Crippen LogP contribution in [0.15, 0.2) is 29.8 Å². The van der Waals surface area contributed by atoms with Gasteiger partial charge in [-0.25, -0.2) is 0 Å². The summed E-state index contributed by atoms with van der Waals surface area (Å²) in [7, 11) is 0. The number of hydrogen-bond acceptors (Lipinski definition) is 3. The van der Waals surface area contributed by atoms with Crippen molar-refractivity contribution < 1.29 is 4.79 Å². The van der Waals surface area contributed by atoms with Gasteiger partial charge in [0, 0.05) is 17.5 Å². The van der Waals surface area contributed by atoms with E-state index in [1.807, 2.05) is 29.8 Å². The normalized spacial score (nSPS) is 16.4. The fraction of sp³-hybridized carbons (Fsp3) is 0.500. The van der Waals surface area contributed by atoms with E-state index < -0.39 is 0 Å². The van der Waals surface area contributed by atoms with Crippen LogP contribution in [-0.4, -0.2) is 15.6 Å². The van der Waals surface area contributed by atoms with Gasteiger partial charge in [0.05, 0.1) is 18.2 Å². The molecule has 0 saturated heterocycles. The highest BCUT2D eigenvalue weighted by Gasteiger charge is 2.16. The van der Waals surface area contributed by atoms with Gasteiger partial charge < -0.3 is 0 Å². The summed E-state index contributed by atoms with van der Waals surface area (Å²) in [6.45, 7) is 0. The van der Waals surface area contributed by atoms with Crippen molar-refractivity contribution in [2.75, 3.05) is 0 Å². The van der Waals surface area contributed by atoms with Crippen LogP contribution in [0, 0.1) is 0 Å². The van der Waals surface area contributed by atoms with Crippen LogP contribution in [0.4, 0.5) is 0 Å². The number of carbonyl (C=O) groups excluding carboxylic acids is 1. The van der Waals surface area contributed by atoms with Crippen LogP contribution in [0.1, 0.15) is 48.7 Å². The summed E-state index contributed by atoms with van der Waals surface area (Å²) in [5.74, 6) is 0.251. The first-order chi connectivity index (χ1) is 9.81. The van der Waals surface area contributed by atoms with E-state index in [0.717, 1.165) is 10.6 Å². The molecule has 1 saturated carbocycles.